The van der Waals surface area contributed by atoms with E-state index in [1.165, 1.54) is 11.1 Å². The molecule has 2 aromatic rings. The Morgan fingerprint density at radius 3 is 2.52 bits per heavy atom. The van der Waals surface area contributed by atoms with E-state index in [2.05, 4.69) is 27.4 Å². The number of allylic oxidation sites excluding steroid dienone is 1. The molecule has 7 rings (SSSR count). The number of rotatable bonds is 11. The largest absolute Gasteiger partial charge is 0.366 e. The van der Waals surface area contributed by atoms with E-state index >= 15 is 0 Å². The van der Waals surface area contributed by atoms with Crippen LogP contribution >= 0.6 is 11.6 Å². The minimum Gasteiger partial charge on any atom is -0.366 e. The van der Waals surface area contributed by atoms with Crippen molar-refractivity contribution in [1.82, 2.24) is 29.9 Å². The van der Waals surface area contributed by atoms with E-state index in [0.717, 1.165) is 58.0 Å². The highest BCUT2D eigenvalue weighted by Crippen LogP contribution is 2.39. The number of hydrogen-bond donors (Lipinski definition) is 2. The zero-order valence-electron chi connectivity index (χ0n) is 30.2. The van der Waals surface area contributed by atoms with E-state index in [1.807, 2.05) is 4.90 Å². The summed E-state index contributed by atoms with van der Waals surface area (Å²) >= 11 is 6.38. The van der Waals surface area contributed by atoms with Gasteiger partial charge in [-0.3, -0.25) is 34.3 Å². The number of likely N-dealkylation sites (tertiary alicyclic amines) is 1. The number of fused-ring (bicyclic) bond motifs is 1. The van der Waals surface area contributed by atoms with Crippen LogP contribution < -0.4 is 21.0 Å². The third-order valence-electron chi connectivity index (χ3n) is 11.2. The third-order valence-corrected chi connectivity index (χ3v) is 11.5. The maximum Gasteiger partial charge on any atom is 0.328 e. The molecule has 54 heavy (non-hydrogen) atoms. The Kier molecular flexibility index (Phi) is 11.0. The van der Waals surface area contributed by atoms with Gasteiger partial charge in [0.05, 0.1) is 35.1 Å². The summed E-state index contributed by atoms with van der Waals surface area (Å²) in [5.74, 6) is 0.258. The molecule has 17 heteroatoms. The first-order valence-electron chi connectivity index (χ1n) is 18.5. The molecule has 1 saturated carbocycles. The van der Waals surface area contributed by atoms with Crippen molar-refractivity contribution in [2.24, 2.45) is 22.6 Å². The quantitative estimate of drug-likeness (QED) is 0.329. The maximum atomic E-state index is 14.3. The summed E-state index contributed by atoms with van der Waals surface area (Å²) in [4.78, 5) is 59.4. The molecular weight excluding hydrogens is 722 g/mol. The summed E-state index contributed by atoms with van der Waals surface area (Å²) in [6.45, 7) is 3.45. The predicted octanol–water partition coefficient (Wildman–Crippen LogP) is 4.86. The summed E-state index contributed by atoms with van der Waals surface area (Å²) in [6, 6.07) is 4.38. The summed E-state index contributed by atoms with van der Waals surface area (Å²) < 4.78 is 30.2. The number of urea groups is 1. The number of carbonyl (C=O) groups is 4. The van der Waals surface area contributed by atoms with E-state index in [0.29, 0.717) is 47.0 Å². The van der Waals surface area contributed by atoms with Crippen LogP contribution in [0.2, 0.25) is 5.02 Å². The van der Waals surface area contributed by atoms with Crippen LogP contribution in [0, 0.1) is 11.8 Å². The average molecular weight is 767 g/mol. The second kappa shape index (κ2) is 15.9. The highest BCUT2D eigenvalue weighted by molar-refractivity contribution is 6.34. The molecule has 3 fully saturated rings. The molecule has 3 N–H and O–H groups in total. The molecule has 0 radical (unpaired) electrons. The Balaban J connectivity index is 0.863. The van der Waals surface area contributed by atoms with Crippen molar-refractivity contribution in [3.8, 4) is 0 Å². The van der Waals surface area contributed by atoms with Crippen LogP contribution in [0.5, 0.6) is 0 Å². The fourth-order valence-electron chi connectivity index (χ4n) is 8.18. The van der Waals surface area contributed by atoms with Gasteiger partial charge in [-0.2, -0.15) is 5.10 Å². The fourth-order valence-corrected chi connectivity index (χ4v) is 8.40. The number of piperidine rings is 1. The summed E-state index contributed by atoms with van der Waals surface area (Å²) in [7, 11) is 2.15. The van der Waals surface area contributed by atoms with Gasteiger partial charge in [-0.1, -0.05) is 11.6 Å². The van der Waals surface area contributed by atoms with Crippen molar-refractivity contribution in [3.05, 3.63) is 64.3 Å². The van der Waals surface area contributed by atoms with E-state index < -0.39 is 18.4 Å². The number of carbonyl (C=O) groups excluding carboxylic acids is 4. The molecule has 0 atom stereocenters. The normalized spacial score (nSPS) is 22.2. The van der Waals surface area contributed by atoms with Crippen molar-refractivity contribution in [2.75, 3.05) is 56.2 Å². The van der Waals surface area contributed by atoms with Crippen molar-refractivity contribution >= 4 is 52.9 Å². The lowest BCUT2D eigenvalue weighted by atomic mass is 9.85. The van der Waals surface area contributed by atoms with E-state index in [9.17, 15) is 28.0 Å². The number of imide groups is 1. The number of alkyl halides is 2. The Labute approximate surface area is 317 Å². The third kappa shape index (κ3) is 7.85. The van der Waals surface area contributed by atoms with Gasteiger partial charge in [0.1, 0.15) is 5.69 Å². The smallest absolute Gasteiger partial charge is 0.328 e. The summed E-state index contributed by atoms with van der Waals surface area (Å²) in [6.07, 6.45) is 10.4. The lowest BCUT2D eigenvalue weighted by molar-refractivity contribution is -0.120. The highest BCUT2D eigenvalue weighted by Gasteiger charge is 2.37. The van der Waals surface area contributed by atoms with Gasteiger partial charge in [0, 0.05) is 50.6 Å². The molecule has 2 saturated heterocycles. The highest BCUT2D eigenvalue weighted by atomic mass is 35.5. The summed E-state index contributed by atoms with van der Waals surface area (Å²) in [5.41, 5.74) is 6.61. The van der Waals surface area contributed by atoms with Crippen LogP contribution in [0.25, 0.3) is 0 Å². The second-order valence-electron chi connectivity index (χ2n) is 14.8. The maximum absolute atomic E-state index is 14.3. The Hall–Kier alpha value is -4.83. The first-order chi connectivity index (χ1) is 26.0. The second-order valence-corrected chi connectivity index (χ2v) is 15.2. The molecule has 1 aromatic carbocycles. The molecule has 4 aliphatic heterocycles. The van der Waals surface area contributed by atoms with Crippen molar-refractivity contribution in [3.63, 3.8) is 0 Å². The lowest BCUT2D eigenvalue weighted by Gasteiger charge is -2.34. The van der Waals surface area contributed by atoms with Crippen molar-refractivity contribution in [1.29, 1.82) is 0 Å². The topological polar surface area (TPSA) is 153 Å². The number of benzene rings is 1. The predicted molar refractivity (Wildman–Crippen MR) is 199 cm³/mol. The van der Waals surface area contributed by atoms with Crippen LogP contribution in [-0.4, -0.2) is 101 Å². The number of anilines is 2. The SMILES string of the molecule is CN(CCC1CCN(C(=O)c2ccc(Cl)c(N3CCC(=O)NC3=O)c2)CC1)CC1CCC(n2cc(N3CC(C(N)=O)=C4N=CC=CN43)c(C(F)F)n2)CC1. The Bertz CT molecular complexity index is 1880. The van der Waals surface area contributed by atoms with E-state index in [1.54, 1.807) is 51.4 Å². The first-order valence-corrected chi connectivity index (χ1v) is 18.9. The van der Waals surface area contributed by atoms with Gasteiger partial charge in [0.15, 0.2) is 11.5 Å². The minimum absolute atomic E-state index is 0.000615. The zero-order chi connectivity index (χ0) is 38.1. The van der Waals surface area contributed by atoms with E-state index in [-0.39, 0.29) is 54.3 Å². The number of aliphatic imine (C=N–C) groups is 1. The number of nitrogens with one attached hydrogen (secondary N) is 1. The molecule has 5 heterocycles. The van der Waals surface area contributed by atoms with Gasteiger partial charge in [-0.15, -0.1) is 0 Å². The first kappa shape index (κ1) is 37.5. The van der Waals surface area contributed by atoms with Gasteiger partial charge in [-0.25, -0.2) is 23.6 Å². The molecule has 5 amide bonds. The standard InChI is InChI=1S/C37H45ClF2N10O4/c1-45(15-9-23-10-16-46(17-11-23)36(53)25-5-8-28(38)29(19-25)47-18-12-31(51)43-37(47)54)20-24-3-6-26(7-4-24)48-22-30(32(44-48)33(39)40)50-21-27(34(41)52)35-42-13-2-14-49(35)50/h2,5,8,13-14,19,22-24,26,33H,3-4,6-7,9-12,15-18,20-21H2,1H3,(H2,41,52)(H,43,51,54). The lowest BCUT2D eigenvalue weighted by Crippen LogP contribution is -2.49. The molecule has 0 spiro atoms. The molecule has 5 aliphatic rings. The molecule has 0 unspecified atom stereocenters. The van der Waals surface area contributed by atoms with Crippen LogP contribution in [0.15, 0.2) is 53.1 Å². The average Bonchev–Trinajstić information content (AvgIpc) is 3.78. The molecule has 1 aliphatic carbocycles. The number of amides is 5. The van der Waals surface area contributed by atoms with Crippen LogP contribution in [0.3, 0.4) is 0 Å². The van der Waals surface area contributed by atoms with Gasteiger partial charge in [0.2, 0.25) is 11.8 Å². The zero-order valence-corrected chi connectivity index (χ0v) is 30.9. The van der Waals surface area contributed by atoms with Crippen molar-refractivity contribution < 1.29 is 28.0 Å². The Morgan fingerprint density at radius 2 is 1.81 bits per heavy atom. The van der Waals surface area contributed by atoms with Gasteiger partial charge < -0.3 is 15.5 Å². The number of hydrogen-bond acceptors (Lipinski definition) is 9. The molecule has 0 bridgehead atoms. The monoisotopic (exact) mass is 766 g/mol. The van der Waals surface area contributed by atoms with Crippen LogP contribution in [-0.2, 0) is 9.59 Å². The molecule has 1 aromatic heterocycles. The Morgan fingerprint density at radius 1 is 1.06 bits per heavy atom. The molecule has 288 valence electrons. The number of primary amides is 1. The summed E-state index contributed by atoms with van der Waals surface area (Å²) in [5, 5.41) is 10.1. The number of nitrogens with two attached hydrogens (primary N) is 1. The fraction of sp³-hybridized carbons (Fsp3) is 0.514. The minimum atomic E-state index is -2.79. The van der Waals surface area contributed by atoms with Gasteiger partial charge >= 0.3 is 6.03 Å². The number of nitrogens with zero attached hydrogens (tertiary/aromatic N) is 8. The number of hydrazine groups is 1. The molecule has 14 nitrogen and oxygen atoms in total. The van der Waals surface area contributed by atoms with Crippen molar-refractivity contribution in [2.45, 2.75) is 63.8 Å². The van der Waals surface area contributed by atoms with E-state index in [4.69, 9.17) is 17.3 Å². The number of halogens is 3. The van der Waals surface area contributed by atoms with Gasteiger partial charge in [0.25, 0.3) is 12.3 Å². The molecular formula is C37H45ClF2N10O4. The van der Waals surface area contributed by atoms with Crippen LogP contribution in [0.4, 0.5) is 25.0 Å². The van der Waals surface area contributed by atoms with Crippen LogP contribution in [0.1, 0.15) is 79.9 Å². The number of aromatic nitrogens is 2. The van der Waals surface area contributed by atoms with Gasteiger partial charge in [-0.05, 0) is 94.6 Å².